The Morgan fingerprint density at radius 2 is 2.38 bits per heavy atom. The average Bonchev–Trinajstić information content (AvgIpc) is 2.71. The van der Waals surface area contributed by atoms with Crippen LogP contribution < -0.4 is 5.73 Å². The van der Waals surface area contributed by atoms with Gasteiger partial charge in [-0.3, -0.25) is 4.90 Å². The van der Waals surface area contributed by atoms with Crippen LogP contribution in [0.5, 0.6) is 0 Å². The minimum Gasteiger partial charge on any atom is -0.360 e. The number of nitrogens with zero attached hydrogens (tertiary/aromatic N) is 3. The lowest BCUT2D eigenvalue weighted by Gasteiger charge is -2.37. The Morgan fingerprint density at radius 3 is 3.00 bits per heavy atom. The van der Waals surface area contributed by atoms with Gasteiger partial charge in [-0.05, 0) is 14.0 Å². The molecule has 2 rings (SSSR count). The minimum absolute atomic E-state index is 0.447. The summed E-state index contributed by atoms with van der Waals surface area (Å²) in [5, 5.41) is 3.90. The summed E-state index contributed by atoms with van der Waals surface area (Å²) in [6, 6.07) is 2.55. The lowest BCUT2D eigenvalue weighted by atomic mass is 10.2. The standard InChI is InChI=1S/C11H20N4O/c1-9-7-15(4-3-14(9)2)8-11-5-10(6-12)13-16-11/h5,9H,3-4,6-8,12H2,1-2H3. The Kier molecular flexibility index (Phi) is 3.58. The molecule has 0 saturated carbocycles. The molecule has 1 saturated heterocycles. The van der Waals surface area contributed by atoms with E-state index in [2.05, 4.69) is 28.9 Å². The van der Waals surface area contributed by atoms with E-state index in [0.29, 0.717) is 12.6 Å². The van der Waals surface area contributed by atoms with Gasteiger partial charge in [-0.1, -0.05) is 5.16 Å². The molecular weight excluding hydrogens is 204 g/mol. The van der Waals surface area contributed by atoms with Crippen LogP contribution >= 0.6 is 0 Å². The molecule has 1 aromatic heterocycles. The molecule has 1 atom stereocenters. The van der Waals surface area contributed by atoms with Crippen LogP contribution in [0, 0.1) is 0 Å². The van der Waals surface area contributed by atoms with Gasteiger partial charge in [-0.2, -0.15) is 0 Å². The molecule has 0 spiro atoms. The van der Waals surface area contributed by atoms with Gasteiger partial charge in [-0.25, -0.2) is 0 Å². The third-order valence-corrected chi connectivity index (χ3v) is 3.24. The number of nitrogens with two attached hydrogens (primary N) is 1. The molecule has 16 heavy (non-hydrogen) atoms. The number of rotatable bonds is 3. The van der Waals surface area contributed by atoms with Gasteiger partial charge >= 0.3 is 0 Å². The fraction of sp³-hybridized carbons (Fsp3) is 0.727. The highest BCUT2D eigenvalue weighted by atomic mass is 16.5. The molecule has 0 radical (unpaired) electrons. The maximum Gasteiger partial charge on any atom is 0.151 e. The van der Waals surface area contributed by atoms with Crippen molar-refractivity contribution in [1.82, 2.24) is 15.0 Å². The van der Waals surface area contributed by atoms with E-state index in [4.69, 9.17) is 10.3 Å². The molecule has 90 valence electrons. The molecule has 5 nitrogen and oxygen atoms in total. The van der Waals surface area contributed by atoms with Crippen LogP contribution in [0.1, 0.15) is 18.4 Å². The summed E-state index contributed by atoms with van der Waals surface area (Å²) in [6.07, 6.45) is 0. The molecule has 1 unspecified atom stereocenters. The maximum atomic E-state index is 5.49. The SMILES string of the molecule is CC1CN(Cc2cc(CN)no2)CCN1C. The van der Waals surface area contributed by atoms with Gasteiger partial charge < -0.3 is 15.2 Å². The minimum atomic E-state index is 0.447. The van der Waals surface area contributed by atoms with Crippen LogP contribution in [0.4, 0.5) is 0 Å². The Labute approximate surface area is 96.2 Å². The molecule has 1 fully saturated rings. The Hall–Kier alpha value is -0.910. The molecule has 1 aliphatic rings. The summed E-state index contributed by atoms with van der Waals surface area (Å²) in [5.74, 6) is 0.914. The second-order valence-corrected chi connectivity index (χ2v) is 4.55. The first kappa shape index (κ1) is 11.6. The van der Waals surface area contributed by atoms with Crippen molar-refractivity contribution in [3.05, 3.63) is 17.5 Å². The van der Waals surface area contributed by atoms with Crippen molar-refractivity contribution in [3.63, 3.8) is 0 Å². The van der Waals surface area contributed by atoms with E-state index < -0.39 is 0 Å². The summed E-state index contributed by atoms with van der Waals surface area (Å²) in [7, 11) is 2.17. The summed E-state index contributed by atoms with van der Waals surface area (Å²) in [6.45, 7) is 6.80. The Bertz CT molecular complexity index is 338. The lowest BCUT2D eigenvalue weighted by Crippen LogP contribution is -2.49. The van der Waals surface area contributed by atoms with E-state index in [0.717, 1.165) is 37.6 Å². The molecule has 2 heterocycles. The van der Waals surface area contributed by atoms with Crippen LogP contribution in [-0.4, -0.2) is 47.7 Å². The van der Waals surface area contributed by atoms with Gasteiger partial charge in [0.25, 0.3) is 0 Å². The van der Waals surface area contributed by atoms with E-state index in [1.54, 1.807) is 0 Å². The molecule has 0 aliphatic carbocycles. The first-order valence-electron chi connectivity index (χ1n) is 5.76. The zero-order valence-corrected chi connectivity index (χ0v) is 10.0. The Morgan fingerprint density at radius 1 is 1.56 bits per heavy atom. The maximum absolute atomic E-state index is 5.49. The lowest BCUT2D eigenvalue weighted by molar-refractivity contribution is 0.0927. The molecular formula is C11H20N4O. The van der Waals surface area contributed by atoms with Gasteiger partial charge in [0.2, 0.25) is 0 Å². The molecule has 1 aliphatic heterocycles. The highest BCUT2D eigenvalue weighted by Crippen LogP contribution is 2.12. The van der Waals surface area contributed by atoms with E-state index in [9.17, 15) is 0 Å². The fourth-order valence-electron chi connectivity index (χ4n) is 2.01. The van der Waals surface area contributed by atoms with Crippen LogP contribution in [0.25, 0.3) is 0 Å². The number of aromatic nitrogens is 1. The predicted octanol–water partition coefficient (Wildman–Crippen LogP) is 0.269. The first-order valence-corrected chi connectivity index (χ1v) is 5.76. The van der Waals surface area contributed by atoms with Gasteiger partial charge in [0.05, 0.1) is 12.2 Å². The van der Waals surface area contributed by atoms with Crippen LogP contribution in [-0.2, 0) is 13.1 Å². The second-order valence-electron chi connectivity index (χ2n) is 4.55. The van der Waals surface area contributed by atoms with Crippen molar-refractivity contribution >= 4 is 0 Å². The van der Waals surface area contributed by atoms with Gasteiger partial charge in [0.15, 0.2) is 5.76 Å². The normalized spacial score (nSPS) is 23.8. The van der Waals surface area contributed by atoms with Gasteiger partial charge in [0.1, 0.15) is 0 Å². The fourth-order valence-corrected chi connectivity index (χ4v) is 2.01. The van der Waals surface area contributed by atoms with Gasteiger partial charge in [-0.15, -0.1) is 0 Å². The van der Waals surface area contributed by atoms with Crippen molar-refractivity contribution in [3.8, 4) is 0 Å². The molecule has 0 bridgehead atoms. The van der Waals surface area contributed by atoms with E-state index in [-0.39, 0.29) is 0 Å². The number of piperazine rings is 1. The topological polar surface area (TPSA) is 58.5 Å². The summed E-state index contributed by atoms with van der Waals surface area (Å²) >= 11 is 0. The van der Waals surface area contributed by atoms with Crippen LogP contribution in [0.3, 0.4) is 0 Å². The number of hydrogen-bond donors (Lipinski definition) is 1. The van der Waals surface area contributed by atoms with Crippen molar-refractivity contribution in [2.45, 2.75) is 26.1 Å². The monoisotopic (exact) mass is 224 g/mol. The number of likely N-dealkylation sites (N-methyl/N-ethyl adjacent to an activating group) is 1. The zero-order valence-electron chi connectivity index (χ0n) is 10.0. The van der Waals surface area contributed by atoms with Crippen LogP contribution in [0.2, 0.25) is 0 Å². The van der Waals surface area contributed by atoms with Crippen molar-refractivity contribution in [2.24, 2.45) is 5.73 Å². The Balaban J connectivity index is 1.90. The van der Waals surface area contributed by atoms with E-state index in [1.165, 1.54) is 0 Å². The molecule has 2 N–H and O–H groups in total. The van der Waals surface area contributed by atoms with Crippen molar-refractivity contribution in [2.75, 3.05) is 26.7 Å². The van der Waals surface area contributed by atoms with Crippen molar-refractivity contribution in [1.29, 1.82) is 0 Å². The summed E-state index contributed by atoms with van der Waals surface area (Å²) in [4.78, 5) is 4.77. The largest absolute Gasteiger partial charge is 0.360 e. The third-order valence-electron chi connectivity index (χ3n) is 3.24. The summed E-state index contributed by atoms with van der Waals surface area (Å²) < 4.78 is 5.24. The third kappa shape index (κ3) is 2.61. The molecule has 0 amide bonds. The quantitative estimate of drug-likeness (QED) is 0.798. The van der Waals surface area contributed by atoms with E-state index >= 15 is 0 Å². The van der Waals surface area contributed by atoms with Crippen molar-refractivity contribution < 1.29 is 4.52 Å². The van der Waals surface area contributed by atoms with Crippen LogP contribution in [0.15, 0.2) is 10.6 Å². The first-order chi connectivity index (χ1) is 7.69. The molecule has 1 aromatic rings. The average molecular weight is 224 g/mol. The molecule has 0 aromatic carbocycles. The highest BCUT2D eigenvalue weighted by molar-refractivity contribution is 5.05. The second kappa shape index (κ2) is 4.95. The van der Waals surface area contributed by atoms with Gasteiger partial charge in [0, 0.05) is 38.3 Å². The highest BCUT2D eigenvalue weighted by Gasteiger charge is 2.21. The zero-order chi connectivity index (χ0) is 11.5. The van der Waals surface area contributed by atoms with E-state index in [1.807, 2.05) is 6.07 Å². The summed E-state index contributed by atoms with van der Waals surface area (Å²) in [5.41, 5.74) is 6.32. The molecule has 5 heteroatoms. The smallest absolute Gasteiger partial charge is 0.151 e. The number of hydrogen-bond acceptors (Lipinski definition) is 5. The predicted molar refractivity (Wildman–Crippen MR) is 61.8 cm³/mol.